The van der Waals surface area contributed by atoms with Crippen molar-refractivity contribution in [3.63, 3.8) is 0 Å². The van der Waals surface area contributed by atoms with E-state index in [1.165, 1.54) is 0 Å². The number of aromatic nitrogens is 4. The van der Waals surface area contributed by atoms with Crippen LogP contribution in [0.4, 0.5) is 21.7 Å². The van der Waals surface area contributed by atoms with Crippen LogP contribution in [0.25, 0.3) is 17.0 Å². The summed E-state index contributed by atoms with van der Waals surface area (Å²) < 4.78 is 22.1. The average Bonchev–Trinajstić information content (AvgIpc) is 3.31. The predicted octanol–water partition coefficient (Wildman–Crippen LogP) is 3.19. The van der Waals surface area contributed by atoms with E-state index in [0.717, 1.165) is 31.5 Å². The van der Waals surface area contributed by atoms with Gasteiger partial charge in [0.05, 0.1) is 37.5 Å². The fourth-order valence-corrected chi connectivity index (χ4v) is 4.51. The molecule has 0 saturated carbocycles. The van der Waals surface area contributed by atoms with Gasteiger partial charge >= 0.3 is 0 Å². The Morgan fingerprint density at radius 2 is 2.06 bits per heavy atom. The molecule has 1 aromatic carbocycles. The Balaban J connectivity index is 1.38. The van der Waals surface area contributed by atoms with Crippen LogP contribution in [0.3, 0.4) is 0 Å². The molecule has 1 saturated heterocycles. The molecule has 3 aromatic heterocycles. The summed E-state index contributed by atoms with van der Waals surface area (Å²) >= 11 is 0. The maximum absolute atomic E-state index is 14.7. The lowest BCUT2D eigenvalue weighted by Gasteiger charge is -2.40. The summed E-state index contributed by atoms with van der Waals surface area (Å²) in [5, 5.41) is 12.4. The minimum Gasteiger partial charge on any atom is -0.494 e. The van der Waals surface area contributed by atoms with E-state index in [4.69, 9.17) is 4.74 Å². The van der Waals surface area contributed by atoms with Gasteiger partial charge in [-0.3, -0.25) is 9.30 Å². The molecule has 0 radical (unpaired) electrons. The van der Waals surface area contributed by atoms with E-state index < -0.39 is 5.82 Å². The van der Waals surface area contributed by atoms with E-state index in [9.17, 15) is 9.50 Å². The number of piperazine rings is 1. The number of fused-ring (bicyclic) bond motifs is 1. The lowest BCUT2D eigenvalue weighted by molar-refractivity contribution is 0.146. The molecule has 2 N–H and O–H groups in total. The Bertz CT molecular complexity index is 1330. The number of hydrogen-bond donors (Lipinski definition) is 2. The van der Waals surface area contributed by atoms with Gasteiger partial charge in [0.15, 0.2) is 5.82 Å². The van der Waals surface area contributed by atoms with Crippen LogP contribution < -0.4 is 15.0 Å². The van der Waals surface area contributed by atoms with Crippen molar-refractivity contribution in [1.82, 2.24) is 24.3 Å². The molecule has 10 heteroatoms. The molecule has 1 aliphatic rings. The van der Waals surface area contributed by atoms with Gasteiger partial charge < -0.3 is 20.1 Å². The molecule has 5 rings (SSSR count). The largest absolute Gasteiger partial charge is 0.494 e. The highest BCUT2D eigenvalue weighted by molar-refractivity contribution is 5.69. The molecule has 4 aromatic rings. The fraction of sp³-hybridized carbons (Fsp3) is 0.320. The van der Waals surface area contributed by atoms with Crippen LogP contribution in [0.15, 0.2) is 55.0 Å². The van der Waals surface area contributed by atoms with Crippen LogP contribution in [0.1, 0.15) is 6.92 Å². The van der Waals surface area contributed by atoms with Crippen LogP contribution >= 0.6 is 0 Å². The molecule has 1 atom stereocenters. The third kappa shape index (κ3) is 4.62. The van der Waals surface area contributed by atoms with Gasteiger partial charge in [0.1, 0.15) is 17.1 Å². The zero-order chi connectivity index (χ0) is 24.4. The van der Waals surface area contributed by atoms with Gasteiger partial charge in [0.2, 0.25) is 5.95 Å². The third-order valence-electron chi connectivity index (χ3n) is 6.35. The first-order valence-electron chi connectivity index (χ1n) is 11.6. The second-order valence-corrected chi connectivity index (χ2v) is 8.53. The third-order valence-corrected chi connectivity index (χ3v) is 6.35. The summed E-state index contributed by atoms with van der Waals surface area (Å²) in [6.45, 7) is 5.64. The Morgan fingerprint density at radius 3 is 2.86 bits per heavy atom. The van der Waals surface area contributed by atoms with Crippen molar-refractivity contribution in [3.8, 4) is 17.1 Å². The van der Waals surface area contributed by atoms with Crippen molar-refractivity contribution >= 4 is 23.0 Å². The summed E-state index contributed by atoms with van der Waals surface area (Å²) in [7, 11) is 1.61. The summed E-state index contributed by atoms with van der Waals surface area (Å²) in [4.78, 5) is 17.5. The van der Waals surface area contributed by atoms with Gasteiger partial charge in [-0.2, -0.15) is 0 Å². The molecule has 0 aliphatic carbocycles. The van der Waals surface area contributed by atoms with Crippen molar-refractivity contribution in [2.45, 2.75) is 13.0 Å². The predicted molar refractivity (Wildman–Crippen MR) is 133 cm³/mol. The van der Waals surface area contributed by atoms with Gasteiger partial charge in [0.25, 0.3) is 0 Å². The molecule has 35 heavy (non-hydrogen) atoms. The number of nitrogens with one attached hydrogen (secondary N) is 1. The molecule has 0 unspecified atom stereocenters. The quantitative estimate of drug-likeness (QED) is 0.420. The lowest BCUT2D eigenvalue weighted by atomic mass is 10.1. The number of hydrogen-bond acceptors (Lipinski definition) is 8. The summed E-state index contributed by atoms with van der Waals surface area (Å²) in [6, 6.07) is 11.8. The number of β-amino-alcohol motifs (C(OH)–C–C–N with tert-alkyl or cyclic N) is 1. The number of halogens is 1. The number of nitrogens with zero attached hydrogens (tertiary/aromatic N) is 6. The molecule has 4 heterocycles. The Kier molecular flexibility index (Phi) is 6.47. The second-order valence-electron chi connectivity index (χ2n) is 8.53. The molecule has 1 aliphatic heterocycles. The van der Waals surface area contributed by atoms with Crippen molar-refractivity contribution in [2.24, 2.45) is 0 Å². The van der Waals surface area contributed by atoms with Crippen LogP contribution in [-0.2, 0) is 0 Å². The van der Waals surface area contributed by atoms with Gasteiger partial charge in [-0.05, 0) is 31.2 Å². The van der Waals surface area contributed by atoms with Crippen molar-refractivity contribution in [3.05, 3.63) is 60.8 Å². The zero-order valence-electron chi connectivity index (χ0n) is 19.7. The molecular weight excluding hydrogens is 449 g/mol. The second kappa shape index (κ2) is 9.85. The minimum atomic E-state index is -0.530. The van der Waals surface area contributed by atoms with Crippen LogP contribution in [0.5, 0.6) is 5.75 Å². The molecule has 9 nitrogen and oxygen atoms in total. The van der Waals surface area contributed by atoms with E-state index >= 15 is 0 Å². The fourth-order valence-electron chi connectivity index (χ4n) is 4.51. The highest BCUT2D eigenvalue weighted by Crippen LogP contribution is 2.33. The topological polar surface area (TPSA) is 91.0 Å². The highest BCUT2D eigenvalue weighted by atomic mass is 19.1. The maximum Gasteiger partial charge on any atom is 0.228 e. The van der Waals surface area contributed by atoms with E-state index in [0.29, 0.717) is 35.4 Å². The summed E-state index contributed by atoms with van der Waals surface area (Å²) in [5.74, 6) is 0.361. The van der Waals surface area contributed by atoms with Gasteiger partial charge in [-0.1, -0.05) is 6.07 Å². The number of rotatable bonds is 7. The first-order valence-corrected chi connectivity index (χ1v) is 11.6. The summed E-state index contributed by atoms with van der Waals surface area (Å²) in [5.41, 5.74) is 3.14. The number of ether oxygens (including phenoxy) is 1. The number of methoxy groups -OCH3 is 1. The SMILES string of the molecule is COc1cc(N2CCN(CCO)[C@H](C)C2)ccc1Nc1ncc(F)c(-c2cnc3ccccn23)n1. The number of imidazole rings is 1. The highest BCUT2D eigenvalue weighted by Gasteiger charge is 2.24. The van der Waals surface area contributed by atoms with Crippen LogP contribution in [-0.4, -0.2) is 75.3 Å². The maximum atomic E-state index is 14.7. The number of benzene rings is 1. The van der Waals surface area contributed by atoms with Crippen molar-refractivity contribution in [2.75, 3.05) is 50.1 Å². The number of aliphatic hydroxyl groups is 1. The molecule has 0 spiro atoms. The molecule has 0 bridgehead atoms. The molecule has 182 valence electrons. The standard InChI is InChI=1S/C25H28FN7O2/c1-17-16-32(10-9-31(17)11-12-34)18-6-7-20(22(13-18)35-2)29-25-28-14-19(26)24(30-25)21-15-27-23-5-3-4-8-33(21)23/h3-8,13-15,17,34H,9-12,16H2,1-2H3,(H,28,29,30)/t17-/m1/s1. The Morgan fingerprint density at radius 1 is 1.17 bits per heavy atom. The smallest absolute Gasteiger partial charge is 0.228 e. The van der Waals surface area contributed by atoms with Gasteiger partial charge in [0, 0.05) is 50.2 Å². The monoisotopic (exact) mass is 477 g/mol. The van der Waals surface area contributed by atoms with E-state index in [-0.39, 0.29) is 18.2 Å². The number of pyridine rings is 1. The van der Waals surface area contributed by atoms with Gasteiger partial charge in [-0.15, -0.1) is 0 Å². The van der Waals surface area contributed by atoms with E-state index in [1.54, 1.807) is 17.7 Å². The van der Waals surface area contributed by atoms with Crippen LogP contribution in [0, 0.1) is 5.82 Å². The average molecular weight is 478 g/mol. The Hall–Kier alpha value is -3.76. The number of anilines is 3. The molecule has 1 fully saturated rings. The number of aliphatic hydroxyl groups excluding tert-OH is 1. The van der Waals surface area contributed by atoms with E-state index in [1.807, 2.05) is 42.6 Å². The lowest BCUT2D eigenvalue weighted by Crippen LogP contribution is -2.52. The van der Waals surface area contributed by atoms with Crippen LogP contribution in [0.2, 0.25) is 0 Å². The van der Waals surface area contributed by atoms with Crippen molar-refractivity contribution in [1.29, 1.82) is 0 Å². The van der Waals surface area contributed by atoms with E-state index in [2.05, 4.69) is 37.0 Å². The van der Waals surface area contributed by atoms with Gasteiger partial charge in [-0.25, -0.2) is 19.3 Å². The normalized spacial score (nSPS) is 16.6. The minimum absolute atomic E-state index is 0.159. The Labute approximate surface area is 202 Å². The first-order chi connectivity index (χ1) is 17.1. The molecular formula is C25H28FN7O2. The summed E-state index contributed by atoms with van der Waals surface area (Å²) in [6.07, 6.45) is 4.57. The molecule has 0 amide bonds. The zero-order valence-corrected chi connectivity index (χ0v) is 19.7. The first kappa shape index (κ1) is 23.0. The van der Waals surface area contributed by atoms with Crippen molar-refractivity contribution < 1.29 is 14.2 Å².